The number of rotatable bonds is 4. The predicted molar refractivity (Wildman–Crippen MR) is 93.1 cm³/mol. The second-order valence-electron chi connectivity index (χ2n) is 6.16. The van der Waals surface area contributed by atoms with Gasteiger partial charge in [0.15, 0.2) is 0 Å². The molecule has 24 heavy (non-hydrogen) atoms. The summed E-state index contributed by atoms with van der Waals surface area (Å²) in [5.74, 6) is 0.322. The second-order valence-corrected chi connectivity index (χ2v) is 6.56. The minimum absolute atomic E-state index is 0.00439. The second kappa shape index (κ2) is 7.18. The lowest BCUT2D eigenvalue weighted by Gasteiger charge is -2.34. The monoisotopic (exact) mass is 348 g/mol. The van der Waals surface area contributed by atoms with Crippen molar-refractivity contribution in [1.29, 1.82) is 0 Å². The summed E-state index contributed by atoms with van der Waals surface area (Å²) >= 11 is 6.20. The van der Waals surface area contributed by atoms with Crippen LogP contribution >= 0.6 is 11.6 Å². The van der Waals surface area contributed by atoms with E-state index in [4.69, 9.17) is 11.6 Å². The first-order valence-electron chi connectivity index (χ1n) is 7.96. The quantitative estimate of drug-likeness (QED) is 0.586. The number of nitro groups is 1. The molecule has 0 spiro atoms. The molecule has 6 heteroatoms. The van der Waals surface area contributed by atoms with Gasteiger partial charge in [0.2, 0.25) is 0 Å². The largest absolute Gasteiger partial charge is 0.370 e. The van der Waals surface area contributed by atoms with E-state index in [-0.39, 0.29) is 11.5 Å². The minimum Gasteiger partial charge on any atom is -0.370 e. The van der Waals surface area contributed by atoms with Crippen LogP contribution in [0.2, 0.25) is 5.02 Å². The highest BCUT2D eigenvalue weighted by Gasteiger charge is 2.22. The Balaban J connectivity index is 1.62. The number of anilines is 1. The third-order valence-electron chi connectivity index (χ3n) is 4.51. The van der Waals surface area contributed by atoms with Gasteiger partial charge < -0.3 is 4.90 Å². The summed E-state index contributed by atoms with van der Waals surface area (Å²) in [6, 6.07) is 11.4. The molecule has 126 valence electrons. The molecular formula is C18H18ClFN2O2. The lowest BCUT2D eigenvalue weighted by atomic mass is 9.90. The third-order valence-corrected chi connectivity index (χ3v) is 4.81. The van der Waals surface area contributed by atoms with Crippen LogP contribution in [0.3, 0.4) is 0 Å². The number of non-ortho nitro benzene ring substituents is 1. The molecule has 1 saturated heterocycles. The normalized spacial score (nSPS) is 15.5. The fourth-order valence-electron chi connectivity index (χ4n) is 3.24. The average Bonchev–Trinajstić information content (AvgIpc) is 2.55. The zero-order chi connectivity index (χ0) is 17.1. The molecule has 0 N–H and O–H groups in total. The topological polar surface area (TPSA) is 46.4 Å². The molecule has 0 amide bonds. The van der Waals surface area contributed by atoms with E-state index < -0.39 is 4.92 Å². The van der Waals surface area contributed by atoms with E-state index in [0.717, 1.165) is 43.6 Å². The molecule has 0 saturated carbocycles. The van der Waals surface area contributed by atoms with Gasteiger partial charge in [0.1, 0.15) is 5.82 Å². The van der Waals surface area contributed by atoms with Crippen molar-refractivity contribution < 1.29 is 9.31 Å². The van der Waals surface area contributed by atoms with Crippen LogP contribution < -0.4 is 4.90 Å². The predicted octanol–water partition coefficient (Wildman–Crippen LogP) is 4.85. The molecule has 0 radical (unpaired) electrons. The Kier molecular flexibility index (Phi) is 5.00. The van der Waals surface area contributed by atoms with Crippen LogP contribution in [-0.2, 0) is 6.42 Å². The Morgan fingerprint density at radius 3 is 2.58 bits per heavy atom. The highest BCUT2D eigenvalue weighted by molar-refractivity contribution is 6.33. The molecule has 1 aliphatic rings. The van der Waals surface area contributed by atoms with E-state index in [1.807, 2.05) is 6.07 Å². The molecule has 1 heterocycles. The van der Waals surface area contributed by atoms with Crippen molar-refractivity contribution in [3.05, 3.63) is 69.0 Å². The molecule has 0 aliphatic carbocycles. The summed E-state index contributed by atoms with van der Waals surface area (Å²) in [7, 11) is 0. The molecule has 4 nitrogen and oxygen atoms in total. The van der Waals surface area contributed by atoms with E-state index in [0.29, 0.717) is 10.9 Å². The van der Waals surface area contributed by atoms with Gasteiger partial charge in [-0.25, -0.2) is 4.39 Å². The standard InChI is InChI=1S/C18H18ClFN2O2/c19-17-12-16(22(23)24)4-5-18(17)21-8-6-13(7-9-21)10-14-2-1-3-15(20)11-14/h1-5,11-13H,6-10H2. The molecule has 0 atom stereocenters. The summed E-state index contributed by atoms with van der Waals surface area (Å²) < 4.78 is 13.3. The van der Waals surface area contributed by atoms with Crippen molar-refractivity contribution in [2.75, 3.05) is 18.0 Å². The van der Waals surface area contributed by atoms with E-state index in [2.05, 4.69) is 4.90 Å². The van der Waals surface area contributed by atoms with Gasteiger partial charge in [-0.1, -0.05) is 23.7 Å². The SMILES string of the molecule is O=[N+]([O-])c1ccc(N2CCC(Cc3cccc(F)c3)CC2)c(Cl)c1. The maximum Gasteiger partial charge on any atom is 0.271 e. The van der Waals surface area contributed by atoms with E-state index in [9.17, 15) is 14.5 Å². The summed E-state index contributed by atoms with van der Waals surface area (Å²) in [6.45, 7) is 1.69. The smallest absolute Gasteiger partial charge is 0.271 e. The van der Waals surface area contributed by atoms with Crippen molar-refractivity contribution >= 4 is 23.0 Å². The minimum atomic E-state index is -0.444. The summed E-state index contributed by atoms with van der Waals surface area (Å²) in [5.41, 5.74) is 1.87. The number of nitro benzene ring substituents is 1. The van der Waals surface area contributed by atoms with Gasteiger partial charge in [-0.2, -0.15) is 0 Å². The maximum absolute atomic E-state index is 13.3. The zero-order valence-corrected chi connectivity index (χ0v) is 13.9. The van der Waals surface area contributed by atoms with Gasteiger partial charge in [-0.15, -0.1) is 0 Å². The van der Waals surface area contributed by atoms with Crippen LogP contribution in [0, 0.1) is 21.8 Å². The Morgan fingerprint density at radius 2 is 1.96 bits per heavy atom. The maximum atomic E-state index is 13.3. The molecule has 1 fully saturated rings. The lowest BCUT2D eigenvalue weighted by Crippen LogP contribution is -2.34. The van der Waals surface area contributed by atoms with E-state index >= 15 is 0 Å². The van der Waals surface area contributed by atoms with Crippen molar-refractivity contribution in [3.63, 3.8) is 0 Å². The number of piperidine rings is 1. The van der Waals surface area contributed by atoms with Gasteiger partial charge in [0.25, 0.3) is 5.69 Å². The molecular weight excluding hydrogens is 331 g/mol. The van der Waals surface area contributed by atoms with Gasteiger partial charge in [-0.05, 0) is 48.9 Å². The number of benzene rings is 2. The number of halogens is 2. The van der Waals surface area contributed by atoms with Gasteiger partial charge in [0.05, 0.1) is 15.6 Å². The van der Waals surface area contributed by atoms with Crippen LogP contribution in [-0.4, -0.2) is 18.0 Å². The van der Waals surface area contributed by atoms with Gasteiger partial charge >= 0.3 is 0 Å². The van der Waals surface area contributed by atoms with E-state index in [1.54, 1.807) is 18.2 Å². The Morgan fingerprint density at radius 1 is 1.21 bits per heavy atom. The first kappa shape index (κ1) is 16.7. The molecule has 0 aromatic heterocycles. The zero-order valence-electron chi connectivity index (χ0n) is 13.1. The summed E-state index contributed by atoms with van der Waals surface area (Å²) in [5, 5.41) is 11.2. The number of hydrogen-bond acceptors (Lipinski definition) is 3. The fourth-order valence-corrected chi connectivity index (χ4v) is 3.54. The van der Waals surface area contributed by atoms with Crippen molar-refractivity contribution in [2.24, 2.45) is 5.92 Å². The van der Waals surface area contributed by atoms with Crippen LogP contribution in [0.15, 0.2) is 42.5 Å². The fraction of sp³-hybridized carbons (Fsp3) is 0.333. The first-order valence-corrected chi connectivity index (χ1v) is 8.34. The first-order chi connectivity index (χ1) is 11.5. The van der Waals surface area contributed by atoms with E-state index in [1.165, 1.54) is 18.2 Å². The molecule has 0 bridgehead atoms. The molecule has 0 unspecified atom stereocenters. The Hall–Kier alpha value is -2.14. The Bertz CT molecular complexity index is 746. The lowest BCUT2D eigenvalue weighted by molar-refractivity contribution is -0.384. The van der Waals surface area contributed by atoms with Crippen LogP contribution in [0.1, 0.15) is 18.4 Å². The highest BCUT2D eigenvalue weighted by Crippen LogP contribution is 2.33. The third kappa shape index (κ3) is 3.85. The van der Waals surface area contributed by atoms with Crippen LogP contribution in [0.5, 0.6) is 0 Å². The van der Waals surface area contributed by atoms with Gasteiger partial charge in [0, 0.05) is 25.2 Å². The molecule has 3 rings (SSSR count). The number of nitrogens with zero attached hydrogens (tertiary/aromatic N) is 2. The van der Waals surface area contributed by atoms with Crippen molar-refractivity contribution in [2.45, 2.75) is 19.3 Å². The molecule has 2 aromatic rings. The Labute approximate surface area is 145 Å². The highest BCUT2D eigenvalue weighted by atomic mass is 35.5. The summed E-state index contributed by atoms with van der Waals surface area (Å²) in [6.07, 6.45) is 2.85. The molecule has 1 aliphatic heterocycles. The van der Waals surface area contributed by atoms with Crippen LogP contribution in [0.4, 0.5) is 15.8 Å². The van der Waals surface area contributed by atoms with Crippen molar-refractivity contribution in [3.8, 4) is 0 Å². The number of hydrogen-bond donors (Lipinski definition) is 0. The van der Waals surface area contributed by atoms with Crippen molar-refractivity contribution in [1.82, 2.24) is 0 Å². The van der Waals surface area contributed by atoms with Crippen LogP contribution in [0.25, 0.3) is 0 Å². The molecule has 2 aromatic carbocycles. The van der Waals surface area contributed by atoms with Gasteiger partial charge in [-0.3, -0.25) is 10.1 Å². The average molecular weight is 349 g/mol. The summed E-state index contributed by atoms with van der Waals surface area (Å²) in [4.78, 5) is 12.5.